The molecule has 9 heteroatoms. The molecule has 140 valence electrons. The summed E-state index contributed by atoms with van der Waals surface area (Å²) in [6, 6.07) is 10.6. The molecule has 0 radical (unpaired) electrons. The van der Waals surface area contributed by atoms with Crippen molar-refractivity contribution in [1.82, 2.24) is 4.31 Å². The summed E-state index contributed by atoms with van der Waals surface area (Å²) in [7, 11) is -1.04. The molecule has 0 N–H and O–H groups in total. The number of esters is 1. The van der Waals surface area contributed by atoms with Gasteiger partial charge in [-0.2, -0.15) is 4.31 Å². The first-order chi connectivity index (χ1) is 12.2. The number of rotatable bonds is 7. The van der Waals surface area contributed by atoms with E-state index < -0.39 is 22.5 Å². The SMILES string of the molecule is COc1ccc(Cl)cc1COC(=O)CN(C)S(=O)(=O)c1ccc(Cl)cc1. The van der Waals surface area contributed by atoms with Crippen LogP contribution in [-0.4, -0.2) is 39.4 Å². The fourth-order valence-corrected chi connectivity index (χ4v) is 3.55. The third kappa shape index (κ3) is 5.11. The molecular formula is C17H17Cl2NO5S. The molecule has 0 unspecified atom stereocenters. The molecule has 0 saturated carbocycles. The summed E-state index contributed by atoms with van der Waals surface area (Å²) >= 11 is 11.7. The van der Waals surface area contributed by atoms with E-state index in [4.69, 9.17) is 32.7 Å². The zero-order valence-electron chi connectivity index (χ0n) is 14.1. The van der Waals surface area contributed by atoms with Gasteiger partial charge < -0.3 is 9.47 Å². The molecule has 6 nitrogen and oxygen atoms in total. The Morgan fingerprint density at radius 3 is 2.31 bits per heavy atom. The van der Waals surface area contributed by atoms with Crippen LogP contribution in [0.3, 0.4) is 0 Å². The van der Waals surface area contributed by atoms with E-state index in [9.17, 15) is 13.2 Å². The van der Waals surface area contributed by atoms with Crippen molar-refractivity contribution in [3.8, 4) is 5.75 Å². The van der Waals surface area contributed by atoms with Gasteiger partial charge in [0.15, 0.2) is 0 Å². The first-order valence-corrected chi connectivity index (χ1v) is 9.63. The standard InChI is InChI=1S/C17H17Cl2NO5S/c1-20(26(22,23)15-6-3-13(18)4-7-15)10-17(21)25-11-12-9-14(19)5-8-16(12)24-2/h3-9H,10-11H2,1-2H3. The van der Waals surface area contributed by atoms with Crippen LogP contribution in [0.5, 0.6) is 5.75 Å². The number of carbonyl (C=O) groups excluding carboxylic acids is 1. The molecule has 0 atom stereocenters. The Hall–Kier alpha value is -1.80. The van der Waals surface area contributed by atoms with Crippen LogP contribution in [-0.2, 0) is 26.2 Å². The molecule has 26 heavy (non-hydrogen) atoms. The number of hydrogen-bond acceptors (Lipinski definition) is 5. The number of methoxy groups -OCH3 is 1. The minimum atomic E-state index is -3.83. The van der Waals surface area contributed by atoms with Gasteiger partial charge in [-0.15, -0.1) is 0 Å². The predicted octanol–water partition coefficient (Wildman–Crippen LogP) is 3.37. The van der Waals surface area contributed by atoms with Crippen molar-refractivity contribution in [2.24, 2.45) is 0 Å². The summed E-state index contributed by atoms with van der Waals surface area (Å²) in [5.74, 6) is -0.184. The van der Waals surface area contributed by atoms with E-state index in [1.807, 2.05) is 0 Å². The molecule has 0 heterocycles. The van der Waals surface area contributed by atoms with Gasteiger partial charge in [0.1, 0.15) is 18.9 Å². The zero-order chi connectivity index (χ0) is 19.3. The number of hydrogen-bond donors (Lipinski definition) is 0. The minimum Gasteiger partial charge on any atom is -0.496 e. The average molecular weight is 418 g/mol. The maximum Gasteiger partial charge on any atom is 0.321 e. The Bertz CT molecular complexity index is 885. The van der Waals surface area contributed by atoms with Crippen molar-refractivity contribution in [3.05, 3.63) is 58.1 Å². The molecule has 0 fully saturated rings. The van der Waals surface area contributed by atoms with Crippen LogP contribution in [0.2, 0.25) is 10.0 Å². The highest BCUT2D eigenvalue weighted by atomic mass is 35.5. The van der Waals surface area contributed by atoms with Gasteiger partial charge in [-0.1, -0.05) is 23.2 Å². The number of likely N-dealkylation sites (N-methyl/N-ethyl adjacent to an activating group) is 1. The molecule has 0 aromatic heterocycles. The number of sulfonamides is 1. The van der Waals surface area contributed by atoms with E-state index >= 15 is 0 Å². The summed E-state index contributed by atoms with van der Waals surface area (Å²) in [6.07, 6.45) is 0. The van der Waals surface area contributed by atoms with Crippen LogP contribution < -0.4 is 4.74 Å². The van der Waals surface area contributed by atoms with Crippen molar-refractivity contribution in [2.75, 3.05) is 20.7 Å². The summed E-state index contributed by atoms with van der Waals surface area (Å²) in [5, 5.41) is 0.890. The summed E-state index contributed by atoms with van der Waals surface area (Å²) in [5.41, 5.74) is 0.580. The quantitative estimate of drug-likeness (QED) is 0.645. The molecule has 0 aliphatic rings. The zero-order valence-corrected chi connectivity index (χ0v) is 16.4. The van der Waals surface area contributed by atoms with Crippen molar-refractivity contribution < 1.29 is 22.7 Å². The number of carbonyl (C=O) groups is 1. The third-order valence-corrected chi connectivity index (χ3v) is 5.81. The molecule has 0 saturated heterocycles. The van der Waals surface area contributed by atoms with Gasteiger partial charge in [0, 0.05) is 22.7 Å². The molecule has 2 rings (SSSR count). The molecule has 0 amide bonds. The van der Waals surface area contributed by atoms with Crippen LogP contribution in [0, 0.1) is 0 Å². The van der Waals surface area contributed by atoms with Crippen LogP contribution in [0.4, 0.5) is 0 Å². The monoisotopic (exact) mass is 417 g/mol. The van der Waals surface area contributed by atoms with Gasteiger partial charge in [0.2, 0.25) is 10.0 Å². The fourth-order valence-electron chi connectivity index (χ4n) is 2.12. The Labute approximate surface area is 162 Å². The van der Waals surface area contributed by atoms with Crippen LogP contribution >= 0.6 is 23.2 Å². The summed E-state index contributed by atoms with van der Waals surface area (Å²) in [6.45, 7) is -0.523. The second kappa shape index (κ2) is 8.73. The Balaban J connectivity index is 2.01. The van der Waals surface area contributed by atoms with Gasteiger partial charge in [0.05, 0.1) is 12.0 Å². The van der Waals surface area contributed by atoms with E-state index in [0.717, 1.165) is 4.31 Å². The van der Waals surface area contributed by atoms with Gasteiger partial charge >= 0.3 is 5.97 Å². The highest BCUT2D eigenvalue weighted by molar-refractivity contribution is 7.89. The average Bonchev–Trinajstić information content (AvgIpc) is 2.60. The van der Waals surface area contributed by atoms with Gasteiger partial charge in [-0.05, 0) is 42.5 Å². The first kappa shape index (κ1) is 20.5. The molecule has 2 aromatic carbocycles. The topological polar surface area (TPSA) is 72.9 Å². The van der Waals surface area contributed by atoms with E-state index in [1.54, 1.807) is 18.2 Å². The maximum absolute atomic E-state index is 12.4. The highest BCUT2D eigenvalue weighted by Crippen LogP contribution is 2.23. The molecule has 0 spiro atoms. The maximum atomic E-state index is 12.4. The number of nitrogens with zero attached hydrogens (tertiary/aromatic N) is 1. The molecule has 2 aromatic rings. The Kier molecular flexibility index (Phi) is 6.88. The lowest BCUT2D eigenvalue weighted by Crippen LogP contribution is -2.33. The van der Waals surface area contributed by atoms with Crippen LogP contribution in [0.15, 0.2) is 47.4 Å². The largest absolute Gasteiger partial charge is 0.496 e. The first-order valence-electron chi connectivity index (χ1n) is 7.44. The third-order valence-electron chi connectivity index (χ3n) is 3.50. The fraction of sp³-hybridized carbons (Fsp3) is 0.235. The second-order valence-electron chi connectivity index (χ2n) is 5.33. The lowest BCUT2D eigenvalue weighted by molar-refractivity contribution is -0.144. The van der Waals surface area contributed by atoms with Crippen molar-refractivity contribution in [3.63, 3.8) is 0 Å². The van der Waals surface area contributed by atoms with E-state index in [0.29, 0.717) is 21.4 Å². The number of benzene rings is 2. The van der Waals surface area contributed by atoms with Crippen LogP contribution in [0.1, 0.15) is 5.56 Å². The van der Waals surface area contributed by atoms with Gasteiger partial charge in [0.25, 0.3) is 0 Å². The van der Waals surface area contributed by atoms with E-state index in [2.05, 4.69) is 0 Å². The van der Waals surface area contributed by atoms with Gasteiger partial charge in [-0.3, -0.25) is 4.79 Å². The molecule has 0 bridgehead atoms. The molecular weight excluding hydrogens is 401 g/mol. The van der Waals surface area contributed by atoms with E-state index in [-0.39, 0.29) is 11.5 Å². The minimum absolute atomic E-state index is 0.0358. The summed E-state index contributed by atoms with van der Waals surface area (Å²) < 4.78 is 36.1. The lowest BCUT2D eigenvalue weighted by atomic mass is 10.2. The Morgan fingerprint density at radius 1 is 1.08 bits per heavy atom. The molecule has 0 aliphatic carbocycles. The normalized spacial score (nSPS) is 11.4. The molecule has 0 aliphatic heterocycles. The number of halogens is 2. The number of ether oxygens (including phenoxy) is 2. The van der Waals surface area contributed by atoms with E-state index in [1.165, 1.54) is 38.4 Å². The van der Waals surface area contributed by atoms with Gasteiger partial charge in [-0.25, -0.2) is 8.42 Å². The Morgan fingerprint density at radius 2 is 1.69 bits per heavy atom. The van der Waals surface area contributed by atoms with Crippen LogP contribution in [0.25, 0.3) is 0 Å². The smallest absolute Gasteiger partial charge is 0.321 e. The highest BCUT2D eigenvalue weighted by Gasteiger charge is 2.23. The van der Waals surface area contributed by atoms with Crippen molar-refractivity contribution in [1.29, 1.82) is 0 Å². The summed E-state index contributed by atoms with van der Waals surface area (Å²) in [4.78, 5) is 12.1. The predicted molar refractivity (Wildman–Crippen MR) is 99.1 cm³/mol. The van der Waals surface area contributed by atoms with Crippen molar-refractivity contribution >= 4 is 39.2 Å². The van der Waals surface area contributed by atoms with Crippen molar-refractivity contribution in [2.45, 2.75) is 11.5 Å². The lowest BCUT2D eigenvalue weighted by Gasteiger charge is -2.17. The second-order valence-corrected chi connectivity index (χ2v) is 8.25.